The predicted molar refractivity (Wildman–Crippen MR) is 98.2 cm³/mol. The lowest BCUT2D eigenvalue weighted by Crippen LogP contribution is -2.44. The van der Waals surface area contributed by atoms with Crippen LogP contribution in [0.4, 0.5) is 0 Å². The Balaban J connectivity index is 2.17. The lowest BCUT2D eigenvalue weighted by atomic mass is 10.00. The highest BCUT2D eigenvalue weighted by Crippen LogP contribution is 2.20. The summed E-state index contributed by atoms with van der Waals surface area (Å²) in [7, 11) is 4.94. The van der Waals surface area contributed by atoms with E-state index in [1.54, 1.807) is 7.11 Å². The van der Waals surface area contributed by atoms with Crippen molar-refractivity contribution in [1.29, 1.82) is 0 Å². The molecule has 0 saturated carbocycles. The summed E-state index contributed by atoms with van der Waals surface area (Å²) in [5.41, 5.74) is 3.43. The van der Waals surface area contributed by atoms with Gasteiger partial charge in [0.25, 0.3) is 0 Å². The smallest absolute Gasteiger partial charge is 0.114 e. The Hall–Kier alpha value is -1.68. The summed E-state index contributed by atoms with van der Waals surface area (Å²) in [6.45, 7) is 4.23. The largest absolute Gasteiger partial charge is 0.388 e. The molecule has 0 radical (unpaired) electrons. The highest BCUT2D eigenvalue weighted by Gasteiger charge is 2.15. The lowest BCUT2D eigenvalue weighted by Gasteiger charge is -2.19. The summed E-state index contributed by atoms with van der Waals surface area (Å²) in [6.07, 6.45) is 1.99. The molecule has 1 unspecified atom stereocenters. The van der Waals surface area contributed by atoms with Crippen LogP contribution in [0.5, 0.6) is 0 Å². The Bertz CT molecular complexity index is 593. The minimum atomic E-state index is -1.10. The molecule has 0 heterocycles. The third kappa shape index (κ3) is 4.40. The summed E-state index contributed by atoms with van der Waals surface area (Å²) < 4.78 is 5.42. The molecular formula is C19H25NOSi. The van der Waals surface area contributed by atoms with E-state index in [4.69, 9.17) is 4.74 Å². The molecule has 0 N–H and O–H groups in total. The monoisotopic (exact) mass is 311 g/mol. The molecule has 1 atom stereocenters. The van der Waals surface area contributed by atoms with Gasteiger partial charge in [-0.05, 0) is 37.0 Å². The van der Waals surface area contributed by atoms with Crippen molar-refractivity contribution in [3.05, 3.63) is 72.3 Å². The molecule has 0 bridgehead atoms. The van der Waals surface area contributed by atoms with Crippen LogP contribution < -0.4 is 5.19 Å². The number of hydrogen-bond acceptors (Lipinski definition) is 2. The predicted octanol–water partition coefficient (Wildman–Crippen LogP) is 2.47. The van der Waals surface area contributed by atoms with Crippen LogP contribution in [-0.4, -0.2) is 47.3 Å². The molecule has 0 saturated heterocycles. The first-order valence-corrected chi connectivity index (χ1v) is 9.81. The van der Waals surface area contributed by atoms with Crippen molar-refractivity contribution >= 4 is 19.6 Å². The molecule has 116 valence electrons. The van der Waals surface area contributed by atoms with E-state index >= 15 is 0 Å². The minimum absolute atomic E-state index is 0.872. The number of nitrogens with zero attached hydrogens (tertiary/aromatic N) is 1. The number of benzene rings is 2. The molecule has 0 aliphatic heterocycles. The van der Waals surface area contributed by atoms with Crippen molar-refractivity contribution in [2.45, 2.75) is 0 Å². The zero-order valence-electron chi connectivity index (χ0n) is 13.8. The van der Waals surface area contributed by atoms with Crippen molar-refractivity contribution in [2.24, 2.45) is 0 Å². The molecule has 0 aromatic heterocycles. The number of methoxy groups -OCH3 is 1. The molecule has 2 rings (SSSR count). The van der Waals surface area contributed by atoms with E-state index in [1.165, 1.54) is 16.3 Å². The van der Waals surface area contributed by atoms with Crippen LogP contribution in [0.3, 0.4) is 0 Å². The van der Waals surface area contributed by atoms with Crippen LogP contribution >= 0.6 is 0 Å². The van der Waals surface area contributed by atoms with Crippen LogP contribution in [0, 0.1) is 0 Å². The quantitative estimate of drug-likeness (QED) is 0.728. The van der Waals surface area contributed by atoms with Gasteiger partial charge >= 0.3 is 0 Å². The topological polar surface area (TPSA) is 12.5 Å². The highest BCUT2D eigenvalue weighted by atomic mass is 28.3. The molecule has 2 aromatic carbocycles. The molecular weight excluding hydrogens is 286 g/mol. The average molecular weight is 312 g/mol. The fraction of sp³-hybridized carbons (Fsp3) is 0.263. The maximum atomic E-state index is 5.42. The number of ether oxygens (including phenoxy) is 1. The number of hydrogen-bond donors (Lipinski definition) is 0. The van der Waals surface area contributed by atoms with Gasteiger partial charge < -0.3 is 9.64 Å². The fourth-order valence-electron chi connectivity index (χ4n) is 2.66. The Kier molecular flexibility index (Phi) is 6.13. The molecule has 2 nitrogen and oxygen atoms in total. The summed E-state index contributed by atoms with van der Waals surface area (Å²) in [4.78, 5) is 2.26. The third-order valence-electron chi connectivity index (χ3n) is 3.81. The molecule has 2 aromatic rings. The van der Waals surface area contributed by atoms with Crippen molar-refractivity contribution in [2.75, 3.05) is 33.6 Å². The van der Waals surface area contributed by atoms with Gasteiger partial charge in [0.1, 0.15) is 8.80 Å². The average Bonchev–Trinajstić information content (AvgIpc) is 2.54. The normalized spacial score (nSPS) is 12.4. The highest BCUT2D eigenvalue weighted by molar-refractivity contribution is 6.73. The van der Waals surface area contributed by atoms with Crippen molar-refractivity contribution < 1.29 is 4.74 Å². The van der Waals surface area contributed by atoms with E-state index in [1.807, 2.05) is 18.2 Å². The summed E-state index contributed by atoms with van der Waals surface area (Å²) in [5.74, 6) is 0. The molecule has 3 heteroatoms. The Morgan fingerprint density at radius 1 is 1.00 bits per heavy atom. The zero-order chi connectivity index (χ0) is 15.9. The van der Waals surface area contributed by atoms with Gasteiger partial charge in [-0.2, -0.15) is 0 Å². The summed E-state index contributed by atoms with van der Waals surface area (Å²) >= 11 is 0. The standard InChI is InChI=1S/C19H25NOSi/c1-16(17-8-6-5-7-9-17)18-10-12-19(13-11-18)22(15-21-4)14-20(2)3/h5-13,22H,1,14-15H2,2-4H3. The third-order valence-corrected chi connectivity index (χ3v) is 7.04. The molecule has 0 aliphatic rings. The fourth-order valence-corrected chi connectivity index (χ4v) is 5.19. The molecule has 0 aliphatic carbocycles. The second kappa shape index (κ2) is 8.08. The summed E-state index contributed by atoms with van der Waals surface area (Å²) in [6, 6.07) is 19.2. The summed E-state index contributed by atoms with van der Waals surface area (Å²) in [5, 5.41) is 1.44. The number of rotatable bonds is 7. The van der Waals surface area contributed by atoms with E-state index in [2.05, 4.69) is 62.0 Å². The van der Waals surface area contributed by atoms with Crippen LogP contribution in [0.25, 0.3) is 5.57 Å². The first-order chi connectivity index (χ1) is 10.6. The Morgan fingerprint density at radius 2 is 1.59 bits per heavy atom. The van der Waals surface area contributed by atoms with Gasteiger partial charge in [-0.3, -0.25) is 0 Å². The van der Waals surface area contributed by atoms with Gasteiger partial charge in [0, 0.05) is 13.3 Å². The van der Waals surface area contributed by atoms with Crippen molar-refractivity contribution in [1.82, 2.24) is 4.90 Å². The molecule has 0 spiro atoms. The van der Waals surface area contributed by atoms with Crippen LogP contribution in [0.1, 0.15) is 11.1 Å². The van der Waals surface area contributed by atoms with E-state index in [0.717, 1.165) is 18.0 Å². The minimum Gasteiger partial charge on any atom is -0.388 e. The van der Waals surface area contributed by atoms with E-state index in [-0.39, 0.29) is 0 Å². The van der Waals surface area contributed by atoms with Gasteiger partial charge in [0.2, 0.25) is 0 Å². The van der Waals surface area contributed by atoms with Crippen molar-refractivity contribution in [3.63, 3.8) is 0 Å². The van der Waals surface area contributed by atoms with Gasteiger partial charge in [-0.1, -0.05) is 66.4 Å². The van der Waals surface area contributed by atoms with Gasteiger partial charge in [-0.25, -0.2) is 0 Å². The SMILES string of the molecule is C=C(c1ccccc1)c1ccc([SiH](COC)CN(C)C)cc1. The Labute approximate surface area is 135 Å². The Morgan fingerprint density at radius 3 is 2.14 bits per heavy atom. The van der Waals surface area contributed by atoms with E-state index < -0.39 is 8.80 Å². The maximum Gasteiger partial charge on any atom is 0.114 e. The van der Waals surface area contributed by atoms with Gasteiger partial charge in [0.05, 0.1) is 0 Å². The first-order valence-electron chi connectivity index (χ1n) is 7.60. The second-order valence-electron chi connectivity index (χ2n) is 5.88. The first kappa shape index (κ1) is 16.7. The van der Waals surface area contributed by atoms with Crippen LogP contribution in [0.2, 0.25) is 0 Å². The molecule has 0 amide bonds. The maximum absolute atomic E-state index is 5.42. The van der Waals surface area contributed by atoms with E-state index in [9.17, 15) is 0 Å². The second-order valence-corrected chi connectivity index (χ2v) is 8.64. The molecule has 22 heavy (non-hydrogen) atoms. The van der Waals surface area contributed by atoms with Gasteiger partial charge in [0.15, 0.2) is 0 Å². The zero-order valence-corrected chi connectivity index (χ0v) is 14.9. The van der Waals surface area contributed by atoms with Crippen molar-refractivity contribution in [3.8, 4) is 0 Å². The van der Waals surface area contributed by atoms with Crippen LogP contribution in [-0.2, 0) is 4.74 Å². The lowest BCUT2D eigenvalue weighted by molar-refractivity contribution is 0.247. The van der Waals surface area contributed by atoms with E-state index in [0.29, 0.717) is 0 Å². The van der Waals surface area contributed by atoms with Crippen LogP contribution in [0.15, 0.2) is 61.2 Å². The molecule has 0 fully saturated rings. The van der Waals surface area contributed by atoms with Gasteiger partial charge in [-0.15, -0.1) is 0 Å².